The predicted molar refractivity (Wildman–Crippen MR) is 67.5 cm³/mol. The molecule has 17 heavy (non-hydrogen) atoms. The van der Waals surface area contributed by atoms with Crippen molar-refractivity contribution in [2.75, 3.05) is 5.32 Å². The second kappa shape index (κ2) is 5.09. The lowest BCUT2D eigenvalue weighted by Gasteiger charge is -2.12. The average Bonchev–Trinajstić information content (AvgIpc) is 2.76. The molecule has 0 fully saturated rings. The lowest BCUT2D eigenvalue weighted by atomic mass is 10.3. The summed E-state index contributed by atoms with van der Waals surface area (Å²) in [5, 5.41) is 6.87. The van der Waals surface area contributed by atoms with Gasteiger partial charge in [0.1, 0.15) is 6.04 Å². The Morgan fingerprint density at radius 1 is 1.47 bits per heavy atom. The van der Waals surface area contributed by atoms with Crippen molar-refractivity contribution in [3.05, 3.63) is 41.4 Å². The Kier molecular flexibility index (Phi) is 3.53. The minimum Gasteiger partial charge on any atom is -0.324 e. The standard InChI is InChI=1S/C11H11BrN4O/c1-8(16-7-9(12)6-14-16)11(17)15-10-2-4-13-5-3-10/h2-8H,1H3,(H,13,15,17). The molecule has 0 aliphatic rings. The molecule has 0 saturated heterocycles. The van der Waals surface area contributed by atoms with E-state index < -0.39 is 0 Å². The van der Waals surface area contributed by atoms with Gasteiger partial charge in [-0.25, -0.2) is 0 Å². The van der Waals surface area contributed by atoms with E-state index in [1.165, 1.54) is 0 Å². The van der Waals surface area contributed by atoms with E-state index in [-0.39, 0.29) is 11.9 Å². The number of aromatic nitrogens is 3. The highest BCUT2D eigenvalue weighted by Crippen LogP contribution is 2.13. The van der Waals surface area contributed by atoms with E-state index >= 15 is 0 Å². The molecule has 2 heterocycles. The van der Waals surface area contributed by atoms with Crippen molar-refractivity contribution < 1.29 is 4.79 Å². The summed E-state index contributed by atoms with van der Waals surface area (Å²) >= 11 is 3.29. The Bertz CT molecular complexity index is 511. The van der Waals surface area contributed by atoms with Crippen LogP contribution in [0.1, 0.15) is 13.0 Å². The SMILES string of the molecule is CC(C(=O)Nc1ccncc1)n1cc(Br)cn1. The van der Waals surface area contributed by atoms with Crippen molar-refractivity contribution in [2.24, 2.45) is 0 Å². The van der Waals surface area contributed by atoms with Gasteiger partial charge in [0, 0.05) is 24.3 Å². The van der Waals surface area contributed by atoms with Crippen LogP contribution in [0, 0.1) is 0 Å². The summed E-state index contributed by atoms with van der Waals surface area (Å²) in [6.45, 7) is 1.79. The average molecular weight is 295 g/mol. The summed E-state index contributed by atoms with van der Waals surface area (Å²) in [4.78, 5) is 15.8. The van der Waals surface area contributed by atoms with Crippen LogP contribution in [0.4, 0.5) is 5.69 Å². The van der Waals surface area contributed by atoms with E-state index in [0.29, 0.717) is 0 Å². The van der Waals surface area contributed by atoms with Crippen molar-refractivity contribution >= 4 is 27.5 Å². The van der Waals surface area contributed by atoms with Crippen molar-refractivity contribution in [1.29, 1.82) is 0 Å². The lowest BCUT2D eigenvalue weighted by Crippen LogP contribution is -2.23. The third kappa shape index (κ3) is 2.91. The third-order valence-electron chi connectivity index (χ3n) is 2.29. The molecule has 1 unspecified atom stereocenters. The fraction of sp³-hybridized carbons (Fsp3) is 0.182. The maximum atomic E-state index is 11.9. The van der Waals surface area contributed by atoms with Crippen LogP contribution in [0.25, 0.3) is 0 Å². The number of hydrogen-bond acceptors (Lipinski definition) is 3. The molecular formula is C11H11BrN4O. The fourth-order valence-electron chi connectivity index (χ4n) is 1.33. The molecule has 5 nitrogen and oxygen atoms in total. The fourth-order valence-corrected chi connectivity index (χ4v) is 1.63. The summed E-state index contributed by atoms with van der Waals surface area (Å²) in [5.41, 5.74) is 0.725. The molecule has 0 spiro atoms. The van der Waals surface area contributed by atoms with Gasteiger partial charge >= 0.3 is 0 Å². The molecule has 0 aromatic carbocycles. The quantitative estimate of drug-likeness (QED) is 0.944. The second-order valence-corrected chi connectivity index (χ2v) is 4.46. The van der Waals surface area contributed by atoms with Crippen LogP contribution >= 0.6 is 15.9 Å². The number of nitrogens with zero attached hydrogens (tertiary/aromatic N) is 3. The van der Waals surface area contributed by atoms with Gasteiger partial charge in [-0.15, -0.1) is 0 Å². The number of carbonyl (C=O) groups excluding carboxylic acids is 1. The number of carbonyl (C=O) groups is 1. The molecule has 1 atom stereocenters. The first-order chi connectivity index (χ1) is 8.16. The van der Waals surface area contributed by atoms with E-state index in [4.69, 9.17) is 0 Å². The molecule has 1 N–H and O–H groups in total. The molecule has 0 saturated carbocycles. The summed E-state index contributed by atoms with van der Waals surface area (Å²) in [6, 6.07) is 3.11. The van der Waals surface area contributed by atoms with E-state index in [1.807, 2.05) is 0 Å². The Balaban J connectivity index is 2.06. The largest absolute Gasteiger partial charge is 0.324 e. The van der Waals surface area contributed by atoms with Gasteiger partial charge in [0.2, 0.25) is 5.91 Å². The number of amides is 1. The van der Waals surface area contributed by atoms with Crippen LogP contribution in [0.2, 0.25) is 0 Å². The van der Waals surface area contributed by atoms with Crippen molar-refractivity contribution in [3.8, 4) is 0 Å². The van der Waals surface area contributed by atoms with E-state index in [9.17, 15) is 4.79 Å². The highest BCUT2D eigenvalue weighted by Gasteiger charge is 2.15. The lowest BCUT2D eigenvalue weighted by molar-refractivity contribution is -0.119. The van der Waals surface area contributed by atoms with E-state index in [2.05, 4.69) is 31.3 Å². The van der Waals surface area contributed by atoms with Crippen molar-refractivity contribution in [2.45, 2.75) is 13.0 Å². The van der Waals surface area contributed by atoms with Crippen LogP contribution < -0.4 is 5.32 Å². The first-order valence-electron chi connectivity index (χ1n) is 5.07. The summed E-state index contributed by atoms with van der Waals surface area (Å²) < 4.78 is 2.45. The number of nitrogens with one attached hydrogen (secondary N) is 1. The zero-order chi connectivity index (χ0) is 12.3. The number of rotatable bonds is 3. The molecule has 0 bridgehead atoms. The Morgan fingerprint density at radius 3 is 2.76 bits per heavy atom. The number of anilines is 1. The molecule has 0 aliphatic heterocycles. The maximum absolute atomic E-state index is 11.9. The van der Waals surface area contributed by atoms with Gasteiger partial charge in [0.25, 0.3) is 0 Å². The number of halogens is 1. The van der Waals surface area contributed by atoms with Gasteiger partial charge < -0.3 is 5.32 Å². The molecule has 2 aromatic rings. The Labute approximate surface area is 107 Å². The monoisotopic (exact) mass is 294 g/mol. The number of hydrogen-bond donors (Lipinski definition) is 1. The van der Waals surface area contributed by atoms with Crippen molar-refractivity contribution in [1.82, 2.24) is 14.8 Å². The van der Waals surface area contributed by atoms with Crippen molar-refractivity contribution in [3.63, 3.8) is 0 Å². The smallest absolute Gasteiger partial charge is 0.248 e. The Hall–Kier alpha value is -1.69. The normalized spacial score (nSPS) is 12.1. The highest BCUT2D eigenvalue weighted by atomic mass is 79.9. The number of pyridine rings is 1. The highest BCUT2D eigenvalue weighted by molar-refractivity contribution is 9.10. The van der Waals surface area contributed by atoms with Crippen LogP contribution in [0.3, 0.4) is 0 Å². The minimum atomic E-state index is -0.366. The topological polar surface area (TPSA) is 59.8 Å². The molecule has 0 aliphatic carbocycles. The predicted octanol–water partition coefficient (Wildman–Crippen LogP) is 2.24. The summed E-state index contributed by atoms with van der Waals surface area (Å²) in [6.07, 6.45) is 6.67. The zero-order valence-corrected chi connectivity index (χ0v) is 10.8. The van der Waals surface area contributed by atoms with Gasteiger partial charge in [0.15, 0.2) is 0 Å². The van der Waals surface area contributed by atoms with Crippen LogP contribution in [-0.2, 0) is 4.79 Å². The molecular weight excluding hydrogens is 284 g/mol. The van der Waals surface area contributed by atoms with Gasteiger partial charge in [-0.1, -0.05) is 0 Å². The maximum Gasteiger partial charge on any atom is 0.248 e. The summed E-state index contributed by atoms with van der Waals surface area (Å²) in [7, 11) is 0. The first-order valence-corrected chi connectivity index (χ1v) is 5.86. The molecule has 2 rings (SSSR count). The molecule has 2 aromatic heterocycles. The second-order valence-electron chi connectivity index (χ2n) is 3.54. The van der Waals surface area contributed by atoms with Gasteiger partial charge in [0.05, 0.1) is 10.7 Å². The van der Waals surface area contributed by atoms with Gasteiger partial charge in [-0.05, 0) is 35.0 Å². The van der Waals surface area contributed by atoms with Gasteiger partial charge in [-0.2, -0.15) is 5.10 Å². The molecule has 0 radical (unpaired) electrons. The van der Waals surface area contributed by atoms with Gasteiger partial charge in [-0.3, -0.25) is 14.5 Å². The minimum absolute atomic E-state index is 0.119. The third-order valence-corrected chi connectivity index (χ3v) is 2.70. The zero-order valence-electron chi connectivity index (χ0n) is 9.17. The first kappa shape index (κ1) is 11.8. The Morgan fingerprint density at radius 2 is 2.18 bits per heavy atom. The molecule has 1 amide bonds. The van der Waals surface area contributed by atoms with E-state index in [0.717, 1.165) is 10.2 Å². The van der Waals surface area contributed by atoms with E-state index in [1.54, 1.807) is 48.5 Å². The molecule has 88 valence electrons. The van der Waals surface area contributed by atoms with Crippen LogP contribution in [-0.4, -0.2) is 20.7 Å². The summed E-state index contributed by atoms with van der Waals surface area (Å²) in [5.74, 6) is -0.119. The molecule has 6 heteroatoms. The van der Waals surface area contributed by atoms with Crippen LogP contribution in [0.5, 0.6) is 0 Å². The van der Waals surface area contributed by atoms with Crippen LogP contribution in [0.15, 0.2) is 41.4 Å².